The number of nitrogens with one attached hydrogen (secondary N) is 1. The highest BCUT2D eigenvalue weighted by molar-refractivity contribution is 7.14. The molecule has 0 aliphatic heterocycles. The van der Waals surface area contributed by atoms with Crippen LogP contribution in [-0.2, 0) is 0 Å². The van der Waals surface area contributed by atoms with E-state index in [4.69, 9.17) is 10.2 Å². The first kappa shape index (κ1) is 12.4. The van der Waals surface area contributed by atoms with Crippen LogP contribution in [0.1, 0.15) is 5.56 Å². The van der Waals surface area contributed by atoms with E-state index in [1.807, 2.05) is 24.3 Å². The third kappa shape index (κ3) is 2.83. The van der Waals surface area contributed by atoms with Crippen LogP contribution < -0.4 is 11.2 Å². The van der Waals surface area contributed by atoms with Crippen molar-refractivity contribution in [2.24, 2.45) is 5.10 Å². The Labute approximate surface area is 119 Å². The van der Waals surface area contributed by atoms with Crippen molar-refractivity contribution in [1.29, 1.82) is 0 Å². The lowest BCUT2D eigenvalue weighted by Crippen LogP contribution is -1.91. The largest absolute Gasteiger partial charge is 0.444 e. The van der Waals surface area contributed by atoms with E-state index in [1.165, 1.54) is 17.7 Å². The van der Waals surface area contributed by atoms with E-state index < -0.39 is 0 Å². The van der Waals surface area contributed by atoms with Crippen LogP contribution in [0.2, 0.25) is 0 Å². The molecule has 2 heterocycles. The molecule has 3 aromatic rings. The molecule has 3 rings (SSSR count). The fourth-order valence-electron chi connectivity index (χ4n) is 1.63. The summed E-state index contributed by atoms with van der Waals surface area (Å²) in [6, 6.07) is 7.79. The molecule has 0 fully saturated rings. The van der Waals surface area contributed by atoms with Gasteiger partial charge in [-0.1, -0.05) is 18.2 Å². The zero-order valence-corrected chi connectivity index (χ0v) is 11.2. The summed E-state index contributed by atoms with van der Waals surface area (Å²) in [7, 11) is 0. The topological polar surface area (TPSA) is 89.3 Å². The Morgan fingerprint density at radius 1 is 1.40 bits per heavy atom. The lowest BCUT2D eigenvalue weighted by atomic mass is 10.1. The van der Waals surface area contributed by atoms with Crippen LogP contribution >= 0.6 is 11.3 Å². The van der Waals surface area contributed by atoms with Crippen molar-refractivity contribution in [2.75, 3.05) is 11.2 Å². The molecule has 1 aromatic carbocycles. The number of thiazole rings is 1. The van der Waals surface area contributed by atoms with Crippen LogP contribution in [0.3, 0.4) is 0 Å². The van der Waals surface area contributed by atoms with E-state index >= 15 is 0 Å². The van der Waals surface area contributed by atoms with E-state index in [0.29, 0.717) is 10.9 Å². The number of hydrazone groups is 1. The van der Waals surface area contributed by atoms with Gasteiger partial charge in [0.1, 0.15) is 5.82 Å². The van der Waals surface area contributed by atoms with Gasteiger partial charge < -0.3 is 10.2 Å². The number of oxazole rings is 1. The zero-order chi connectivity index (χ0) is 13.8. The van der Waals surface area contributed by atoms with E-state index in [9.17, 15) is 0 Å². The molecular weight excluding hydrogens is 274 g/mol. The molecule has 0 saturated heterocycles. The molecule has 0 radical (unpaired) electrons. The van der Waals surface area contributed by atoms with Gasteiger partial charge in [-0.05, 0) is 11.6 Å². The van der Waals surface area contributed by atoms with Gasteiger partial charge in [0, 0.05) is 10.9 Å². The molecule has 0 saturated carbocycles. The Hall–Kier alpha value is -2.67. The second-order valence-electron chi connectivity index (χ2n) is 3.94. The third-order valence-corrected chi connectivity index (χ3v) is 3.26. The number of hydrogen-bond acceptors (Lipinski definition) is 7. The lowest BCUT2D eigenvalue weighted by molar-refractivity contribution is 0.572. The van der Waals surface area contributed by atoms with Crippen molar-refractivity contribution in [3.8, 4) is 11.3 Å². The smallest absolute Gasteiger partial charge is 0.205 e. The predicted molar refractivity (Wildman–Crippen MR) is 79.7 cm³/mol. The first-order valence-electron chi connectivity index (χ1n) is 5.80. The summed E-state index contributed by atoms with van der Waals surface area (Å²) in [6.45, 7) is 0. The van der Waals surface area contributed by atoms with Crippen molar-refractivity contribution in [2.45, 2.75) is 0 Å². The predicted octanol–water partition coefficient (Wildman–Crippen LogP) is 2.83. The highest BCUT2D eigenvalue weighted by Gasteiger charge is 2.01. The highest BCUT2D eigenvalue weighted by Crippen LogP contribution is 2.19. The molecule has 2 aromatic heterocycles. The Kier molecular flexibility index (Phi) is 3.42. The van der Waals surface area contributed by atoms with Gasteiger partial charge in [-0.15, -0.1) is 11.3 Å². The molecule has 0 aliphatic carbocycles. The molecule has 0 unspecified atom stereocenters. The average molecular weight is 285 g/mol. The van der Waals surface area contributed by atoms with Crippen LogP contribution in [0.5, 0.6) is 0 Å². The summed E-state index contributed by atoms with van der Waals surface area (Å²) >= 11 is 1.40. The zero-order valence-electron chi connectivity index (χ0n) is 10.4. The van der Waals surface area contributed by atoms with Crippen LogP contribution in [0.15, 0.2) is 51.8 Å². The summed E-state index contributed by atoms with van der Waals surface area (Å²) in [5.74, 6) is 1.21. The van der Waals surface area contributed by atoms with E-state index in [-0.39, 0.29) is 0 Å². The second kappa shape index (κ2) is 5.54. The average Bonchev–Trinajstić information content (AvgIpc) is 3.11. The standard InChI is InChI=1S/C13H11N5OS/c14-12-7-20-13(17-12)18-16-5-9-2-1-3-10(4-9)11-6-15-8-19-11/h1-8H,14H2,(H,17,18). The molecular formula is C13H11N5OS. The number of nitrogen functional groups attached to an aromatic ring is 1. The summed E-state index contributed by atoms with van der Waals surface area (Å²) in [5.41, 5.74) is 10.2. The Morgan fingerprint density at radius 2 is 2.35 bits per heavy atom. The van der Waals surface area contributed by atoms with E-state index in [0.717, 1.165) is 16.9 Å². The van der Waals surface area contributed by atoms with Crippen molar-refractivity contribution in [1.82, 2.24) is 9.97 Å². The van der Waals surface area contributed by atoms with Gasteiger partial charge in [0.15, 0.2) is 12.2 Å². The molecule has 0 spiro atoms. The maximum absolute atomic E-state index is 5.53. The molecule has 0 bridgehead atoms. The minimum atomic E-state index is 0.486. The van der Waals surface area contributed by atoms with E-state index in [2.05, 4.69) is 20.5 Å². The summed E-state index contributed by atoms with van der Waals surface area (Å²) in [4.78, 5) is 7.95. The quantitative estimate of drug-likeness (QED) is 0.568. The summed E-state index contributed by atoms with van der Waals surface area (Å²) < 4.78 is 5.26. The first-order valence-corrected chi connectivity index (χ1v) is 6.68. The molecule has 100 valence electrons. The normalized spacial score (nSPS) is 11.0. The molecule has 20 heavy (non-hydrogen) atoms. The summed E-state index contributed by atoms with van der Waals surface area (Å²) in [5, 5.41) is 6.53. The number of benzene rings is 1. The van der Waals surface area contributed by atoms with Gasteiger partial charge >= 0.3 is 0 Å². The van der Waals surface area contributed by atoms with Gasteiger partial charge in [0.25, 0.3) is 0 Å². The Bertz CT molecular complexity index is 720. The maximum Gasteiger partial charge on any atom is 0.205 e. The van der Waals surface area contributed by atoms with Crippen LogP contribution in [0.4, 0.5) is 10.9 Å². The van der Waals surface area contributed by atoms with Crippen LogP contribution in [0.25, 0.3) is 11.3 Å². The molecule has 0 amide bonds. The van der Waals surface area contributed by atoms with Gasteiger partial charge in [0.05, 0.1) is 12.4 Å². The van der Waals surface area contributed by atoms with Crippen LogP contribution in [0, 0.1) is 0 Å². The van der Waals surface area contributed by atoms with Crippen molar-refractivity contribution in [3.05, 3.63) is 47.8 Å². The number of anilines is 2. The highest BCUT2D eigenvalue weighted by atomic mass is 32.1. The molecule has 0 aliphatic rings. The Morgan fingerprint density at radius 3 is 3.10 bits per heavy atom. The van der Waals surface area contributed by atoms with Crippen molar-refractivity contribution in [3.63, 3.8) is 0 Å². The lowest BCUT2D eigenvalue weighted by Gasteiger charge is -1.98. The molecule has 7 heteroatoms. The van der Waals surface area contributed by atoms with Crippen LogP contribution in [-0.4, -0.2) is 16.2 Å². The number of nitrogens with zero attached hydrogens (tertiary/aromatic N) is 3. The van der Waals surface area contributed by atoms with Gasteiger partial charge in [-0.25, -0.2) is 9.97 Å². The molecule has 6 nitrogen and oxygen atoms in total. The monoisotopic (exact) mass is 285 g/mol. The van der Waals surface area contributed by atoms with Crippen molar-refractivity contribution < 1.29 is 4.42 Å². The first-order chi connectivity index (χ1) is 9.81. The van der Waals surface area contributed by atoms with Gasteiger partial charge in [-0.3, -0.25) is 5.43 Å². The third-order valence-electron chi connectivity index (χ3n) is 2.50. The minimum Gasteiger partial charge on any atom is -0.444 e. The Balaban J connectivity index is 1.73. The number of rotatable bonds is 4. The number of hydrogen-bond donors (Lipinski definition) is 2. The fraction of sp³-hybridized carbons (Fsp3) is 0. The maximum atomic E-state index is 5.53. The number of aromatic nitrogens is 2. The second-order valence-corrected chi connectivity index (χ2v) is 4.80. The fourth-order valence-corrected chi connectivity index (χ4v) is 2.18. The SMILES string of the molecule is Nc1csc(NN=Cc2cccc(-c3cnco3)c2)n1. The minimum absolute atomic E-state index is 0.486. The van der Waals surface area contributed by atoms with Gasteiger partial charge in [0.2, 0.25) is 5.13 Å². The van der Waals surface area contributed by atoms with Crippen molar-refractivity contribution >= 4 is 28.5 Å². The molecule has 0 atom stereocenters. The molecule has 3 N–H and O–H groups in total. The summed E-state index contributed by atoms with van der Waals surface area (Å²) in [6.07, 6.45) is 4.79. The number of nitrogens with two attached hydrogens (primary N) is 1. The van der Waals surface area contributed by atoms with E-state index in [1.54, 1.807) is 17.8 Å². The van der Waals surface area contributed by atoms with Gasteiger partial charge in [-0.2, -0.15) is 5.10 Å².